The molecule has 6 nitrogen and oxygen atoms in total. The molecular weight excluding hydrogens is 370 g/mol. The SMILES string of the molecule is Cc1ccc(/C(O)=C2\C(=O)C(=O)N(Cc3ccco3)C2c2ccc(O)cc2)cc1. The van der Waals surface area contributed by atoms with Crippen LogP contribution >= 0.6 is 0 Å². The molecule has 2 N–H and O–H groups in total. The summed E-state index contributed by atoms with van der Waals surface area (Å²) < 4.78 is 5.35. The zero-order valence-electron chi connectivity index (χ0n) is 15.7. The minimum Gasteiger partial charge on any atom is -0.508 e. The standard InChI is InChI=1S/C23H19NO5/c1-14-4-6-16(7-5-14)21(26)19-20(15-8-10-17(25)11-9-15)24(23(28)22(19)27)13-18-3-2-12-29-18/h2-12,20,25-26H,13H2,1H3/b21-19+. The molecule has 2 aromatic carbocycles. The van der Waals surface area contributed by atoms with Gasteiger partial charge in [-0.15, -0.1) is 0 Å². The van der Waals surface area contributed by atoms with Crippen LogP contribution in [0.25, 0.3) is 5.76 Å². The van der Waals surface area contributed by atoms with Gasteiger partial charge in [-0.25, -0.2) is 0 Å². The number of aliphatic hydroxyl groups excluding tert-OH is 1. The molecule has 0 bridgehead atoms. The number of aryl methyl sites for hydroxylation is 1. The van der Waals surface area contributed by atoms with Gasteiger partial charge in [0.15, 0.2) is 0 Å². The summed E-state index contributed by atoms with van der Waals surface area (Å²) in [6.07, 6.45) is 1.49. The maximum atomic E-state index is 12.9. The van der Waals surface area contributed by atoms with E-state index in [-0.39, 0.29) is 23.6 Å². The summed E-state index contributed by atoms with van der Waals surface area (Å²) >= 11 is 0. The van der Waals surface area contributed by atoms with Gasteiger partial charge in [-0.1, -0.05) is 42.0 Å². The molecule has 146 valence electrons. The summed E-state index contributed by atoms with van der Waals surface area (Å²) in [6, 6.07) is 15.9. The van der Waals surface area contributed by atoms with Crippen molar-refractivity contribution in [3.63, 3.8) is 0 Å². The lowest BCUT2D eigenvalue weighted by atomic mass is 9.95. The van der Waals surface area contributed by atoms with E-state index in [0.29, 0.717) is 16.9 Å². The van der Waals surface area contributed by atoms with Gasteiger partial charge in [0.05, 0.1) is 24.4 Å². The molecule has 0 radical (unpaired) electrons. The van der Waals surface area contributed by atoms with E-state index in [4.69, 9.17) is 4.42 Å². The number of aliphatic hydroxyl groups is 1. The van der Waals surface area contributed by atoms with Crippen LogP contribution in [0.1, 0.15) is 28.5 Å². The van der Waals surface area contributed by atoms with E-state index < -0.39 is 17.7 Å². The first kappa shape index (κ1) is 18.6. The lowest BCUT2D eigenvalue weighted by Crippen LogP contribution is -2.29. The van der Waals surface area contributed by atoms with E-state index in [9.17, 15) is 19.8 Å². The van der Waals surface area contributed by atoms with Gasteiger partial charge in [-0.05, 0) is 36.8 Å². The molecule has 6 heteroatoms. The normalized spacial score (nSPS) is 18.4. The number of likely N-dealkylation sites (tertiary alicyclic amines) is 1. The Kier molecular flexibility index (Phi) is 4.68. The number of nitrogens with zero attached hydrogens (tertiary/aromatic N) is 1. The van der Waals surface area contributed by atoms with E-state index in [1.165, 1.54) is 23.3 Å². The van der Waals surface area contributed by atoms with Crippen molar-refractivity contribution in [2.24, 2.45) is 0 Å². The van der Waals surface area contributed by atoms with Crippen LogP contribution in [-0.2, 0) is 16.1 Å². The van der Waals surface area contributed by atoms with Gasteiger partial charge in [0, 0.05) is 5.56 Å². The number of carbonyl (C=O) groups excluding carboxylic acids is 2. The Bertz CT molecular complexity index is 1080. The summed E-state index contributed by atoms with van der Waals surface area (Å²) in [4.78, 5) is 27.1. The van der Waals surface area contributed by atoms with Gasteiger partial charge in [-0.3, -0.25) is 9.59 Å². The van der Waals surface area contributed by atoms with Crippen LogP contribution in [0, 0.1) is 6.92 Å². The molecule has 29 heavy (non-hydrogen) atoms. The number of aromatic hydroxyl groups is 1. The van der Waals surface area contributed by atoms with Crippen molar-refractivity contribution in [1.29, 1.82) is 0 Å². The van der Waals surface area contributed by atoms with Crippen molar-refractivity contribution < 1.29 is 24.2 Å². The molecule has 4 rings (SSSR count). The number of hydrogen-bond donors (Lipinski definition) is 2. The molecule has 1 aliphatic rings. The molecule has 0 saturated carbocycles. The second-order valence-corrected chi connectivity index (χ2v) is 6.96. The first-order valence-corrected chi connectivity index (χ1v) is 9.12. The molecule has 1 atom stereocenters. The molecule has 0 aliphatic carbocycles. The van der Waals surface area contributed by atoms with Crippen molar-refractivity contribution in [3.8, 4) is 5.75 Å². The van der Waals surface area contributed by atoms with Crippen molar-refractivity contribution in [2.45, 2.75) is 19.5 Å². The number of furan rings is 1. The van der Waals surface area contributed by atoms with Crippen LogP contribution < -0.4 is 0 Å². The van der Waals surface area contributed by atoms with Gasteiger partial charge in [0.1, 0.15) is 17.3 Å². The third kappa shape index (κ3) is 3.40. The fourth-order valence-corrected chi connectivity index (χ4v) is 3.48. The molecule has 1 aliphatic heterocycles. The monoisotopic (exact) mass is 389 g/mol. The lowest BCUT2D eigenvalue weighted by molar-refractivity contribution is -0.140. The number of phenols is 1. The molecule has 1 aromatic heterocycles. The third-order valence-corrected chi connectivity index (χ3v) is 4.98. The number of phenolic OH excluding ortho intramolecular Hbond substituents is 1. The number of benzene rings is 2. The Morgan fingerprint density at radius 2 is 1.72 bits per heavy atom. The Morgan fingerprint density at radius 3 is 2.34 bits per heavy atom. The first-order chi connectivity index (χ1) is 14.0. The van der Waals surface area contributed by atoms with Crippen molar-refractivity contribution in [3.05, 3.63) is 95.0 Å². The number of rotatable bonds is 4. The average Bonchev–Trinajstić information content (AvgIpc) is 3.31. The van der Waals surface area contributed by atoms with Gasteiger partial charge < -0.3 is 19.5 Å². The van der Waals surface area contributed by atoms with Gasteiger partial charge in [-0.2, -0.15) is 0 Å². The molecule has 2 heterocycles. The fraction of sp³-hybridized carbons (Fsp3) is 0.130. The molecule has 1 unspecified atom stereocenters. The highest BCUT2D eigenvalue weighted by atomic mass is 16.3. The number of amides is 1. The third-order valence-electron chi connectivity index (χ3n) is 4.98. The maximum absolute atomic E-state index is 12.9. The second kappa shape index (κ2) is 7.31. The summed E-state index contributed by atoms with van der Waals surface area (Å²) in [6.45, 7) is 2.00. The number of carbonyl (C=O) groups is 2. The zero-order chi connectivity index (χ0) is 20.5. The van der Waals surface area contributed by atoms with E-state index in [2.05, 4.69) is 0 Å². The maximum Gasteiger partial charge on any atom is 0.296 e. The quantitative estimate of drug-likeness (QED) is 0.401. The smallest absolute Gasteiger partial charge is 0.296 e. The number of ketones is 1. The second-order valence-electron chi connectivity index (χ2n) is 6.96. The lowest BCUT2D eigenvalue weighted by Gasteiger charge is -2.24. The fourth-order valence-electron chi connectivity index (χ4n) is 3.48. The van der Waals surface area contributed by atoms with Crippen LogP contribution in [-0.4, -0.2) is 26.8 Å². The topological polar surface area (TPSA) is 91.0 Å². The van der Waals surface area contributed by atoms with Crippen LogP contribution in [0.4, 0.5) is 0 Å². The van der Waals surface area contributed by atoms with Crippen molar-refractivity contribution >= 4 is 17.4 Å². The summed E-state index contributed by atoms with van der Waals surface area (Å²) in [5, 5.41) is 20.6. The molecule has 3 aromatic rings. The number of Topliss-reactive ketones (excluding diaryl/α,β-unsaturated/α-hetero) is 1. The minimum atomic E-state index is -0.804. The molecule has 1 saturated heterocycles. The highest BCUT2D eigenvalue weighted by Crippen LogP contribution is 2.40. The van der Waals surface area contributed by atoms with E-state index in [1.807, 2.05) is 19.1 Å². The summed E-state index contributed by atoms with van der Waals surface area (Å²) in [7, 11) is 0. The zero-order valence-corrected chi connectivity index (χ0v) is 15.7. The Morgan fingerprint density at radius 1 is 1.03 bits per heavy atom. The van der Waals surface area contributed by atoms with E-state index in [0.717, 1.165) is 5.56 Å². The highest BCUT2D eigenvalue weighted by molar-refractivity contribution is 6.46. The Labute approximate surface area is 167 Å². The molecular formula is C23H19NO5. The Hall–Kier alpha value is -3.80. The predicted octanol–water partition coefficient (Wildman–Crippen LogP) is 3.92. The first-order valence-electron chi connectivity index (χ1n) is 9.12. The molecule has 0 spiro atoms. The predicted molar refractivity (Wildman–Crippen MR) is 106 cm³/mol. The van der Waals surface area contributed by atoms with Crippen LogP contribution in [0.3, 0.4) is 0 Å². The van der Waals surface area contributed by atoms with Crippen LogP contribution in [0.15, 0.2) is 76.9 Å². The van der Waals surface area contributed by atoms with Crippen LogP contribution in [0.2, 0.25) is 0 Å². The van der Waals surface area contributed by atoms with Gasteiger partial charge in [0.25, 0.3) is 11.7 Å². The largest absolute Gasteiger partial charge is 0.508 e. The highest BCUT2D eigenvalue weighted by Gasteiger charge is 2.46. The summed E-state index contributed by atoms with van der Waals surface area (Å²) in [5.74, 6) is -1.12. The summed E-state index contributed by atoms with van der Waals surface area (Å²) in [5.41, 5.74) is 2.07. The average molecular weight is 389 g/mol. The molecule has 1 fully saturated rings. The van der Waals surface area contributed by atoms with E-state index >= 15 is 0 Å². The van der Waals surface area contributed by atoms with Crippen LogP contribution in [0.5, 0.6) is 5.75 Å². The minimum absolute atomic E-state index is 0.0103. The van der Waals surface area contributed by atoms with E-state index in [1.54, 1.807) is 36.4 Å². The Balaban J connectivity index is 1.86. The van der Waals surface area contributed by atoms with Crippen molar-refractivity contribution in [1.82, 2.24) is 4.90 Å². The molecule has 1 amide bonds. The van der Waals surface area contributed by atoms with Gasteiger partial charge >= 0.3 is 0 Å². The number of hydrogen-bond acceptors (Lipinski definition) is 5. The van der Waals surface area contributed by atoms with Gasteiger partial charge in [0.2, 0.25) is 0 Å². The van der Waals surface area contributed by atoms with Crippen molar-refractivity contribution in [2.75, 3.05) is 0 Å².